The Morgan fingerprint density at radius 3 is 2.92 bits per heavy atom. The summed E-state index contributed by atoms with van der Waals surface area (Å²) < 4.78 is 54.8. The molecule has 3 atom stereocenters. The van der Waals surface area contributed by atoms with Crippen molar-refractivity contribution in [3.63, 3.8) is 0 Å². The second kappa shape index (κ2) is 8.66. The molecule has 0 unspecified atom stereocenters. The monoisotopic (exact) mass is 513 g/mol. The maximum Gasteiger partial charge on any atom is 0.233 e. The first-order valence-electron chi connectivity index (χ1n) is 10.9. The van der Waals surface area contributed by atoms with Gasteiger partial charge in [-0.1, -0.05) is 11.8 Å². The molecular formula is C23H18F3N7O2S. The summed E-state index contributed by atoms with van der Waals surface area (Å²) in [4.78, 5) is 21.2. The van der Waals surface area contributed by atoms with E-state index in [4.69, 9.17) is 14.9 Å². The molecule has 13 heteroatoms. The highest BCUT2D eigenvalue weighted by atomic mass is 32.2. The van der Waals surface area contributed by atoms with Gasteiger partial charge < -0.3 is 20.2 Å². The van der Waals surface area contributed by atoms with Gasteiger partial charge in [0.15, 0.2) is 29.2 Å². The third-order valence-electron chi connectivity index (χ3n) is 6.15. The molecular weight excluding hydrogens is 495 g/mol. The Balaban J connectivity index is 1.33. The lowest BCUT2D eigenvalue weighted by molar-refractivity contribution is 0.253. The molecule has 4 aromatic rings. The number of aliphatic imine (C=N–C) groups is 1. The van der Waals surface area contributed by atoms with Crippen LogP contribution in [0, 0.1) is 17.6 Å². The second-order valence-corrected chi connectivity index (χ2v) is 9.66. The van der Waals surface area contributed by atoms with E-state index < -0.39 is 23.8 Å². The molecule has 0 bridgehead atoms. The molecule has 36 heavy (non-hydrogen) atoms. The van der Waals surface area contributed by atoms with Crippen LogP contribution in [0.15, 0.2) is 52.5 Å². The number of nitrogens with two attached hydrogens (primary N) is 1. The molecule has 4 heterocycles. The highest BCUT2D eigenvalue weighted by Gasteiger charge is 2.58. The van der Waals surface area contributed by atoms with Crippen molar-refractivity contribution in [2.24, 2.45) is 16.6 Å². The Morgan fingerprint density at radius 2 is 2.11 bits per heavy atom. The predicted octanol–water partition coefficient (Wildman–Crippen LogP) is 4.23. The van der Waals surface area contributed by atoms with E-state index in [9.17, 15) is 13.2 Å². The van der Waals surface area contributed by atoms with Crippen molar-refractivity contribution in [2.45, 2.75) is 23.8 Å². The van der Waals surface area contributed by atoms with Crippen LogP contribution in [0.5, 0.6) is 5.88 Å². The number of anilines is 2. The van der Waals surface area contributed by atoms with Gasteiger partial charge in [-0.25, -0.2) is 38.1 Å². The van der Waals surface area contributed by atoms with Gasteiger partial charge in [0.05, 0.1) is 17.9 Å². The summed E-state index contributed by atoms with van der Waals surface area (Å²) in [6.07, 6.45) is 6.45. The van der Waals surface area contributed by atoms with Crippen LogP contribution in [-0.4, -0.2) is 37.0 Å². The molecule has 6 rings (SSSR count). The number of ether oxygens (including phenoxy) is 1. The molecule has 184 valence electrons. The second-order valence-electron chi connectivity index (χ2n) is 8.40. The number of benzene rings is 1. The summed E-state index contributed by atoms with van der Waals surface area (Å²) in [6.45, 7) is -0.922. The van der Waals surface area contributed by atoms with E-state index in [2.05, 4.69) is 30.2 Å². The standard InChI is InChI=1S/C23H18F3N7O2S/c24-10-23(12-7-16(12)36-22(27)33-23)13-5-11(6-14(25)19(13)26)31-21-20-15(1-2-29-21)32-17(8-30-20)35-9-18-28-3-4-34-18/h1-6,8,12,16H,7,9-10H2,(H2,27,33)(H,29,31)/t12-,16+,23+/m1/s1. The van der Waals surface area contributed by atoms with Crippen LogP contribution in [-0.2, 0) is 12.1 Å². The molecule has 0 radical (unpaired) electrons. The lowest BCUT2D eigenvalue weighted by atomic mass is 9.85. The fraction of sp³-hybridized carbons (Fsp3) is 0.261. The van der Waals surface area contributed by atoms with Gasteiger partial charge in [-0.3, -0.25) is 0 Å². The molecule has 0 amide bonds. The summed E-state index contributed by atoms with van der Waals surface area (Å²) in [7, 11) is 0. The van der Waals surface area contributed by atoms with E-state index in [-0.39, 0.29) is 45.9 Å². The van der Waals surface area contributed by atoms with Crippen molar-refractivity contribution in [1.82, 2.24) is 19.9 Å². The topological polar surface area (TPSA) is 124 Å². The Hall–Kier alpha value is -3.87. The molecule has 0 spiro atoms. The van der Waals surface area contributed by atoms with E-state index in [0.29, 0.717) is 23.3 Å². The van der Waals surface area contributed by atoms with Crippen LogP contribution in [0.4, 0.5) is 24.7 Å². The number of pyridine rings is 1. The largest absolute Gasteiger partial charge is 0.467 e. The molecule has 9 nitrogen and oxygen atoms in total. The first-order chi connectivity index (χ1) is 17.5. The Morgan fingerprint density at radius 1 is 1.22 bits per heavy atom. The number of fused-ring (bicyclic) bond motifs is 2. The summed E-state index contributed by atoms with van der Waals surface area (Å²) in [5.41, 5.74) is 5.11. The number of thioether (sulfide) groups is 1. The molecule has 2 aliphatic rings. The molecule has 3 aromatic heterocycles. The number of alkyl halides is 1. The number of nitrogens with one attached hydrogen (secondary N) is 1. The summed E-state index contributed by atoms with van der Waals surface area (Å²) in [6, 6.07) is 3.95. The van der Waals surface area contributed by atoms with E-state index in [1.165, 1.54) is 42.7 Å². The summed E-state index contributed by atoms with van der Waals surface area (Å²) in [5, 5.41) is 3.15. The Bertz CT molecular complexity index is 1490. The number of hydrogen-bond donors (Lipinski definition) is 2. The first kappa shape index (κ1) is 22.6. The van der Waals surface area contributed by atoms with Crippen LogP contribution in [0.2, 0.25) is 0 Å². The number of rotatable bonds is 7. The Labute approximate surface area is 206 Å². The van der Waals surface area contributed by atoms with Gasteiger partial charge in [-0.15, -0.1) is 0 Å². The van der Waals surface area contributed by atoms with Gasteiger partial charge >= 0.3 is 0 Å². The van der Waals surface area contributed by atoms with Crippen molar-refractivity contribution in [3.8, 4) is 5.88 Å². The van der Waals surface area contributed by atoms with Gasteiger partial charge in [0, 0.05) is 34.7 Å². The van der Waals surface area contributed by atoms with Crippen LogP contribution < -0.4 is 15.8 Å². The fourth-order valence-electron chi connectivity index (χ4n) is 4.39. The third-order valence-corrected chi connectivity index (χ3v) is 7.31. The van der Waals surface area contributed by atoms with Gasteiger partial charge in [-0.05, 0) is 18.6 Å². The van der Waals surface area contributed by atoms with Crippen molar-refractivity contribution in [1.29, 1.82) is 0 Å². The molecule has 1 fully saturated rings. The molecule has 0 saturated heterocycles. The maximum absolute atomic E-state index is 15.0. The molecule has 1 saturated carbocycles. The quantitative estimate of drug-likeness (QED) is 0.374. The minimum atomic E-state index is -1.57. The SMILES string of the molecule is NC1=N[C@](CF)(c2cc(Nc3nccc4nc(OCc5ncco5)cnc34)cc(F)c2F)[C@@H]2C[C@@H]2S1. The van der Waals surface area contributed by atoms with Gasteiger partial charge in [0.1, 0.15) is 24.0 Å². The number of hydrogen-bond acceptors (Lipinski definition) is 10. The lowest BCUT2D eigenvalue weighted by Gasteiger charge is -2.31. The minimum Gasteiger partial charge on any atom is -0.467 e. The van der Waals surface area contributed by atoms with Crippen molar-refractivity contribution >= 4 is 39.5 Å². The zero-order valence-electron chi connectivity index (χ0n) is 18.5. The fourth-order valence-corrected chi connectivity index (χ4v) is 5.61. The summed E-state index contributed by atoms with van der Waals surface area (Å²) in [5.74, 6) is -1.68. The summed E-state index contributed by atoms with van der Waals surface area (Å²) >= 11 is 1.33. The van der Waals surface area contributed by atoms with Crippen molar-refractivity contribution in [2.75, 3.05) is 12.0 Å². The molecule has 1 aliphatic carbocycles. The van der Waals surface area contributed by atoms with Gasteiger partial charge in [0.25, 0.3) is 0 Å². The number of halogens is 3. The van der Waals surface area contributed by atoms with Gasteiger partial charge in [0.2, 0.25) is 11.8 Å². The van der Waals surface area contributed by atoms with Gasteiger partial charge in [-0.2, -0.15) is 0 Å². The van der Waals surface area contributed by atoms with Crippen LogP contribution >= 0.6 is 11.8 Å². The minimum absolute atomic E-state index is 0.0346. The molecule has 1 aromatic carbocycles. The van der Waals surface area contributed by atoms with Crippen molar-refractivity contribution in [3.05, 3.63) is 66.1 Å². The average Bonchev–Trinajstić information content (AvgIpc) is 3.47. The van der Waals surface area contributed by atoms with E-state index in [0.717, 1.165) is 6.07 Å². The first-order valence-corrected chi connectivity index (χ1v) is 11.8. The predicted molar refractivity (Wildman–Crippen MR) is 127 cm³/mol. The number of oxazole rings is 1. The zero-order valence-corrected chi connectivity index (χ0v) is 19.3. The average molecular weight is 514 g/mol. The highest BCUT2D eigenvalue weighted by Crippen LogP contribution is 2.58. The van der Waals surface area contributed by atoms with E-state index in [1.54, 1.807) is 6.07 Å². The van der Waals surface area contributed by atoms with Crippen LogP contribution in [0.3, 0.4) is 0 Å². The van der Waals surface area contributed by atoms with E-state index >= 15 is 0 Å². The lowest BCUT2D eigenvalue weighted by Crippen LogP contribution is -2.37. The van der Waals surface area contributed by atoms with E-state index in [1.807, 2.05) is 0 Å². The maximum atomic E-state index is 15.0. The highest BCUT2D eigenvalue weighted by molar-refractivity contribution is 8.14. The number of aromatic nitrogens is 4. The Kier molecular flexibility index (Phi) is 5.43. The van der Waals surface area contributed by atoms with Crippen LogP contribution in [0.1, 0.15) is 17.9 Å². The third kappa shape index (κ3) is 3.88. The zero-order chi connectivity index (χ0) is 24.9. The number of nitrogens with zero attached hydrogens (tertiary/aromatic N) is 5. The smallest absolute Gasteiger partial charge is 0.233 e. The normalized spacial score (nSPS) is 22.7. The molecule has 1 aliphatic heterocycles. The van der Waals surface area contributed by atoms with Crippen LogP contribution in [0.25, 0.3) is 11.0 Å². The van der Waals surface area contributed by atoms with Crippen molar-refractivity contribution < 1.29 is 22.3 Å². The number of amidine groups is 1. The molecule has 3 N–H and O–H groups in total.